The molecule has 1 fully saturated rings. The monoisotopic (exact) mass is 433 g/mol. The zero-order chi connectivity index (χ0) is 22.3. The van der Waals surface area contributed by atoms with Crippen molar-refractivity contribution in [1.82, 2.24) is 19.7 Å². The Bertz CT molecular complexity index is 1190. The van der Waals surface area contributed by atoms with Crippen LogP contribution in [0.25, 0.3) is 10.9 Å². The van der Waals surface area contributed by atoms with Crippen molar-refractivity contribution in [3.63, 3.8) is 0 Å². The normalized spacial score (nSPS) is 14.1. The summed E-state index contributed by atoms with van der Waals surface area (Å²) < 4.78 is 39.6. The Morgan fingerprint density at radius 1 is 1.32 bits per heavy atom. The van der Waals surface area contributed by atoms with Gasteiger partial charge >= 0.3 is 6.18 Å². The van der Waals surface area contributed by atoms with Crippen molar-refractivity contribution in [3.05, 3.63) is 51.9 Å². The van der Waals surface area contributed by atoms with E-state index in [0.29, 0.717) is 33.3 Å². The van der Waals surface area contributed by atoms with Gasteiger partial charge in [0.2, 0.25) is 0 Å². The molecule has 1 amide bonds. The lowest BCUT2D eigenvalue weighted by Crippen LogP contribution is -2.36. The summed E-state index contributed by atoms with van der Waals surface area (Å²) >= 11 is 0. The summed E-state index contributed by atoms with van der Waals surface area (Å²) in [6.45, 7) is 1.06. The lowest BCUT2D eigenvalue weighted by atomic mass is 10.1. The van der Waals surface area contributed by atoms with Crippen molar-refractivity contribution in [2.75, 3.05) is 18.9 Å². The lowest BCUT2D eigenvalue weighted by Gasteiger charge is -2.20. The second-order valence-electron chi connectivity index (χ2n) is 7.97. The lowest BCUT2D eigenvalue weighted by molar-refractivity contribution is -0.138. The third-order valence-corrected chi connectivity index (χ3v) is 5.29. The Morgan fingerprint density at radius 3 is 2.71 bits per heavy atom. The number of nitrogens with one attached hydrogen (secondary N) is 2. The maximum absolute atomic E-state index is 12.6. The van der Waals surface area contributed by atoms with Crippen molar-refractivity contribution in [3.8, 4) is 0 Å². The number of carbonyl (C=O) groups is 1. The third kappa shape index (κ3) is 4.57. The van der Waals surface area contributed by atoms with Crippen LogP contribution in [0.3, 0.4) is 0 Å². The first-order valence-corrected chi connectivity index (χ1v) is 9.90. The maximum Gasteiger partial charge on any atom is 0.406 e. The van der Waals surface area contributed by atoms with E-state index in [1.165, 1.54) is 6.07 Å². The minimum atomic E-state index is -4.47. The molecule has 1 aliphatic carbocycles. The first kappa shape index (κ1) is 21.0. The summed E-state index contributed by atoms with van der Waals surface area (Å²) in [6.07, 6.45) is -0.593. The fourth-order valence-corrected chi connectivity index (χ4v) is 3.57. The number of aromatic nitrogens is 3. The Labute approximate surface area is 175 Å². The molecule has 2 N–H and O–H groups in total. The Morgan fingerprint density at radius 2 is 2.06 bits per heavy atom. The second kappa shape index (κ2) is 7.75. The molecule has 1 saturated carbocycles. The molecule has 0 unspecified atom stereocenters. The molecular formula is C21H22F3N5O2. The van der Waals surface area contributed by atoms with Gasteiger partial charge in [0.1, 0.15) is 11.9 Å². The molecule has 10 heteroatoms. The van der Waals surface area contributed by atoms with Crippen LogP contribution in [0.5, 0.6) is 0 Å². The first-order valence-electron chi connectivity index (χ1n) is 9.90. The molecule has 2 aromatic heterocycles. The van der Waals surface area contributed by atoms with Gasteiger partial charge in [-0.15, -0.1) is 0 Å². The van der Waals surface area contributed by atoms with Crippen LogP contribution < -0.4 is 10.9 Å². The maximum atomic E-state index is 12.6. The highest BCUT2D eigenvalue weighted by Crippen LogP contribution is 2.33. The number of hydrogen-bond acceptors (Lipinski definition) is 4. The second-order valence-corrected chi connectivity index (χ2v) is 7.97. The molecule has 0 atom stereocenters. The standard InChI is InChI=1S/C21H22F3N5O2/c1-12-9-14(5-6-15(12)20(31)28(2)11-21(22,23)24)26-18-17-16(7-8-25-19(17)30)29(27-18)10-13-3-4-13/h5-9,13H,3-4,10-11H2,1-2H3,(H,25,30)(H,26,27). The van der Waals surface area contributed by atoms with E-state index < -0.39 is 18.6 Å². The number of benzene rings is 1. The molecule has 164 valence electrons. The fraction of sp³-hybridized carbons (Fsp3) is 0.381. The summed E-state index contributed by atoms with van der Waals surface area (Å²) in [5, 5.41) is 8.12. The number of carbonyl (C=O) groups excluding carboxylic acids is 1. The van der Waals surface area contributed by atoms with Gasteiger partial charge in [0, 0.05) is 31.0 Å². The zero-order valence-electron chi connectivity index (χ0n) is 17.1. The Balaban J connectivity index is 1.60. The number of halogens is 3. The van der Waals surface area contributed by atoms with Crippen molar-refractivity contribution >= 4 is 28.3 Å². The molecule has 7 nitrogen and oxygen atoms in total. The number of H-pyrrole nitrogens is 1. The number of hydrogen-bond donors (Lipinski definition) is 2. The zero-order valence-corrected chi connectivity index (χ0v) is 17.1. The van der Waals surface area contributed by atoms with Gasteiger partial charge in [-0.05, 0) is 55.5 Å². The molecule has 0 radical (unpaired) electrons. The van der Waals surface area contributed by atoms with Crippen molar-refractivity contribution in [1.29, 1.82) is 0 Å². The minimum Gasteiger partial charge on any atom is -0.338 e. The fourth-order valence-electron chi connectivity index (χ4n) is 3.57. The van der Waals surface area contributed by atoms with Crippen molar-refractivity contribution in [2.45, 2.75) is 32.5 Å². The smallest absolute Gasteiger partial charge is 0.338 e. The van der Waals surface area contributed by atoms with Crippen LogP contribution >= 0.6 is 0 Å². The highest BCUT2D eigenvalue weighted by molar-refractivity contribution is 5.96. The molecule has 1 aliphatic rings. The van der Waals surface area contributed by atoms with E-state index in [1.54, 1.807) is 31.3 Å². The van der Waals surface area contributed by atoms with Crippen molar-refractivity contribution in [2.24, 2.45) is 5.92 Å². The Hall–Kier alpha value is -3.30. The molecule has 1 aromatic carbocycles. The molecule has 31 heavy (non-hydrogen) atoms. The minimum absolute atomic E-state index is 0.180. The van der Waals surface area contributed by atoms with E-state index in [0.717, 1.165) is 32.0 Å². The molecule has 0 bridgehead atoms. The number of amides is 1. The van der Waals surface area contributed by atoms with E-state index >= 15 is 0 Å². The first-order chi connectivity index (χ1) is 14.6. The SMILES string of the molecule is Cc1cc(Nc2nn(CC3CC3)c3cc[nH]c(=O)c23)ccc1C(=O)N(C)CC(F)(F)F. The number of anilines is 2. The van der Waals surface area contributed by atoms with Gasteiger partial charge in [-0.25, -0.2) is 0 Å². The van der Waals surface area contributed by atoms with Crippen LogP contribution in [0, 0.1) is 12.8 Å². The topological polar surface area (TPSA) is 83.0 Å². The van der Waals surface area contributed by atoms with Crippen molar-refractivity contribution < 1.29 is 18.0 Å². The number of alkyl halides is 3. The van der Waals surface area contributed by atoms with Gasteiger partial charge in [0.15, 0.2) is 5.82 Å². The van der Waals surface area contributed by atoms with Gasteiger partial charge < -0.3 is 15.2 Å². The largest absolute Gasteiger partial charge is 0.406 e. The highest BCUT2D eigenvalue weighted by atomic mass is 19.4. The summed E-state index contributed by atoms with van der Waals surface area (Å²) in [7, 11) is 1.12. The van der Waals surface area contributed by atoms with Crippen LogP contribution in [-0.4, -0.2) is 45.3 Å². The molecule has 0 spiro atoms. The molecular weight excluding hydrogens is 411 g/mol. The van der Waals surface area contributed by atoms with E-state index in [-0.39, 0.29) is 11.1 Å². The number of aryl methyl sites for hydroxylation is 1. The van der Waals surface area contributed by atoms with Crippen LogP contribution in [0.15, 0.2) is 35.3 Å². The van der Waals surface area contributed by atoms with Crippen LogP contribution in [0.4, 0.5) is 24.7 Å². The number of nitrogens with zero attached hydrogens (tertiary/aromatic N) is 3. The van der Waals surface area contributed by atoms with Gasteiger partial charge in [0.25, 0.3) is 11.5 Å². The van der Waals surface area contributed by atoms with Gasteiger partial charge in [-0.2, -0.15) is 18.3 Å². The average Bonchev–Trinajstić information content (AvgIpc) is 3.42. The number of fused-ring (bicyclic) bond motifs is 1. The summed E-state index contributed by atoms with van der Waals surface area (Å²) in [5.41, 5.74) is 1.74. The summed E-state index contributed by atoms with van der Waals surface area (Å²) in [5.74, 6) is 0.249. The molecule has 4 rings (SSSR count). The van der Waals surface area contributed by atoms with E-state index in [9.17, 15) is 22.8 Å². The van der Waals surface area contributed by atoms with Crippen LogP contribution in [0.2, 0.25) is 0 Å². The molecule has 0 saturated heterocycles. The average molecular weight is 433 g/mol. The number of rotatable bonds is 6. The summed E-state index contributed by atoms with van der Waals surface area (Å²) in [4.78, 5) is 28.1. The van der Waals surface area contributed by atoms with E-state index in [2.05, 4.69) is 15.4 Å². The Kier molecular flexibility index (Phi) is 5.24. The molecule has 0 aliphatic heterocycles. The summed E-state index contributed by atoms with van der Waals surface area (Å²) in [6, 6.07) is 6.52. The van der Waals surface area contributed by atoms with Gasteiger partial charge in [0.05, 0.1) is 5.52 Å². The van der Waals surface area contributed by atoms with Gasteiger partial charge in [-0.3, -0.25) is 14.3 Å². The highest BCUT2D eigenvalue weighted by Gasteiger charge is 2.32. The van der Waals surface area contributed by atoms with Crippen LogP contribution in [0.1, 0.15) is 28.8 Å². The molecule has 2 heterocycles. The number of pyridine rings is 1. The predicted octanol–water partition coefficient (Wildman–Crippen LogP) is 3.82. The molecule has 3 aromatic rings. The predicted molar refractivity (Wildman–Crippen MR) is 111 cm³/mol. The third-order valence-electron chi connectivity index (χ3n) is 5.29. The quantitative estimate of drug-likeness (QED) is 0.619. The van der Waals surface area contributed by atoms with Crippen LogP contribution in [-0.2, 0) is 6.54 Å². The number of aromatic amines is 1. The van der Waals surface area contributed by atoms with E-state index in [1.807, 2.05) is 4.68 Å². The van der Waals surface area contributed by atoms with E-state index in [4.69, 9.17) is 0 Å². The van der Waals surface area contributed by atoms with Gasteiger partial charge in [-0.1, -0.05) is 0 Å².